The van der Waals surface area contributed by atoms with E-state index in [4.69, 9.17) is 4.55 Å². The van der Waals surface area contributed by atoms with Gasteiger partial charge in [0.2, 0.25) is 0 Å². The molecule has 0 saturated heterocycles. The number of Topliss-reactive ketones (excluding diaryl/α,β-unsaturated/α-hetero) is 3. The van der Waals surface area contributed by atoms with Gasteiger partial charge in [-0.1, -0.05) is 20.8 Å². The van der Waals surface area contributed by atoms with E-state index in [-0.39, 0.29) is 77.5 Å². The summed E-state index contributed by atoms with van der Waals surface area (Å²) in [5, 5.41) is -5.73. The van der Waals surface area contributed by atoms with Crippen LogP contribution in [0.15, 0.2) is 0 Å². The Hall–Kier alpha value is -1.89. The lowest BCUT2D eigenvalue weighted by Crippen LogP contribution is -2.60. The van der Waals surface area contributed by atoms with Crippen LogP contribution in [0.1, 0.15) is 85.0 Å². The molecule has 0 aromatic heterocycles. The Bertz CT molecular complexity index is 1220. The predicted octanol–water partition coefficient (Wildman–Crippen LogP) is 5.04. The van der Waals surface area contributed by atoms with E-state index in [0.29, 0.717) is 38.5 Å². The lowest BCUT2D eigenvalue weighted by atomic mass is 9.44. The van der Waals surface area contributed by atoms with Gasteiger partial charge in [0.25, 0.3) is 0 Å². The minimum atomic E-state index is -6.37. The van der Waals surface area contributed by atoms with E-state index in [1.54, 1.807) is 0 Å². The fourth-order valence-electron chi connectivity index (χ4n) is 8.64. The first-order chi connectivity index (χ1) is 18.8. The molecule has 0 aromatic rings. The third kappa shape index (κ3) is 5.27. The molecular formula is C28H38F4O8S. The molecule has 2 unspecified atom stereocenters. The van der Waals surface area contributed by atoms with Crippen LogP contribution < -0.4 is 0 Å². The number of esters is 1. The molecule has 0 aliphatic heterocycles. The highest BCUT2D eigenvalue weighted by Gasteiger charge is 2.67. The van der Waals surface area contributed by atoms with Crippen molar-refractivity contribution in [1.29, 1.82) is 0 Å². The number of carbonyl (C=O) groups excluding carboxylic acids is 4. The lowest BCUT2D eigenvalue weighted by Gasteiger charge is -2.58. The molecular weight excluding hydrogens is 572 g/mol. The highest BCUT2D eigenvalue weighted by Crippen LogP contribution is 2.66. The number of alkyl halides is 4. The molecule has 4 aliphatic carbocycles. The molecule has 4 aliphatic rings. The second-order valence-electron chi connectivity index (χ2n) is 13.1. The van der Waals surface area contributed by atoms with E-state index >= 15 is 0 Å². The molecule has 13 heteroatoms. The van der Waals surface area contributed by atoms with Gasteiger partial charge in [-0.2, -0.15) is 26.0 Å². The van der Waals surface area contributed by atoms with Gasteiger partial charge in [0.15, 0.2) is 0 Å². The summed E-state index contributed by atoms with van der Waals surface area (Å²) in [6, 6.07) is 0. The number of fused-ring (bicyclic) bond motifs is 5. The summed E-state index contributed by atoms with van der Waals surface area (Å²) in [4.78, 5) is 51.6. The van der Waals surface area contributed by atoms with Gasteiger partial charge in [0.1, 0.15) is 17.3 Å². The molecule has 0 spiro atoms. The van der Waals surface area contributed by atoms with Crippen molar-refractivity contribution >= 4 is 33.4 Å². The van der Waals surface area contributed by atoms with E-state index in [1.165, 1.54) is 0 Å². The molecule has 0 aromatic carbocycles. The SMILES string of the molecule is C[C@H](CCC(=O)OCCC(F)(F)C(F)(F)S(=O)(=O)O)[C@H]1CC[C@@H]2[C@@H]3C(=O)CC4CC(=O)CCC4(C)[C@H]3CC(=O)[C@@]21C. The van der Waals surface area contributed by atoms with Crippen molar-refractivity contribution in [3.63, 3.8) is 0 Å². The summed E-state index contributed by atoms with van der Waals surface area (Å²) in [6.07, 6.45) is 1.73. The zero-order valence-corrected chi connectivity index (χ0v) is 24.3. The Labute approximate surface area is 237 Å². The van der Waals surface area contributed by atoms with Crippen molar-refractivity contribution in [3.8, 4) is 0 Å². The van der Waals surface area contributed by atoms with Crippen LogP contribution in [0.2, 0.25) is 0 Å². The van der Waals surface area contributed by atoms with Crippen LogP contribution in [0, 0.1) is 46.3 Å². The topological polar surface area (TPSA) is 132 Å². The van der Waals surface area contributed by atoms with Crippen LogP contribution in [0.5, 0.6) is 0 Å². The average Bonchev–Trinajstić information content (AvgIpc) is 3.22. The average molecular weight is 611 g/mol. The fraction of sp³-hybridized carbons (Fsp3) is 0.857. The molecule has 0 bridgehead atoms. The maximum atomic E-state index is 13.8. The van der Waals surface area contributed by atoms with Crippen molar-refractivity contribution in [2.24, 2.45) is 46.3 Å². The maximum Gasteiger partial charge on any atom is 0.431 e. The Morgan fingerprint density at radius 1 is 1.07 bits per heavy atom. The van der Waals surface area contributed by atoms with Gasteiger partial charge in [-0.05, 0) is 60.7 Å². The Balaban J connectivity index is 1.37. The molecule has 0 heterocycles. The van der Waals surface area contributed by atoms with Crippen LogP contribution >= 0.6 is 0 Å². The van der Waals surface area contributed by atoms with Crippen molar-refractivity contribution < 1.29 is 54.4 Å². The summed E-state index contributed by atoms with van der Waals surface area (Å²) in [6.45, 7) is 4.74. The molecule has 232 valence electrons. The number of halogens is 4. The molecule has 8 nitrogen and oxygen atoms in total. The summed E-state index contributed by atoms with van der Waals surface area (Å²) in [7, 11) is -6.37. The van der Waals surface area contributed by atoms with Crippen LogP contribution in [0.25, 0.3) is 0 Å². The summed E-state index contributed by atoms with van der Waals surface area (Å²) in [5.41, 5.74) is -1.00. The number of carbonyl (C=O) groups is 4. The van der Waals surface area contributed by atoms with Crippen LogP contribution in [-0.4, -0.2) is 54.1 Å². The van der Waals surface area contributed by atoms with Crippen molar-refractivity contribution in [1.82, 2.24) is 0 Å². The smallest absolute Gasteiger partial charge is 0.431 e. The Morgan fingerprint density at radius 3 is 2.37 bits per heavy atom. The van der Waals surface area contributed by atoms with Crippen molar-refractivity contribution in [3.05, 3.63) is 0 Å². The first-order valence-corrected chi connectivity index (χ1v) is 15.7. The minimum Gasteiger partial charge on any atom is -0.465 e. The van der Waals surface area contributed by atoms with E-state index in [0.717, 1.165) is 0 Å². The van der Waals surface area contributed by atoms with Crippen molar-refractivity contribution in [2.75, 3.05) is 6.61 Å². The minimum absolute atomic E-state index is 0.0315. The van der Waals surface area contributed by atoms with E-state index in [1.807, 2.05) is 13.8 Å². The van der Waals surface area contributed by atoms with Crippen LogP contribution in [0.4, 0.5) is 17.6 Å². The number of hydrogen-bond donors (Lipinski definition) is 1. The Kier molecular flexibility index (Phi) is 8.34. The number of ether oxygens (including phenoxy) is 1. The number of ketones is 3. The van der Waals surface area contributed by atoms with Crippen LogP contribution in [-0.2, 0) is 34.0 Å². The van der Waals surface area contributed by atoms with E-state index < -0.39 is 45.7 Å². The third-order valence-corrected chi connectivity index (χ3v) is 12.1. The molecule has 4 saturated carbocycles. The van der Waals surface area contributed by atoms with Gasteiger partial charge in [-0.15, -0.1) is 0 Å². The summed E-state index contributed by atoms with van der Waals surface area (Å²) < 4.78 is 88.1. The standard InChI is InChI=1S/C28H38F4O8S/c1-15(4-7-23(36)40-11-10-27(29,30)28(31,32)41(37,38)39)18-5-6-19-24-20(14-22(35)26(18,19)3)25(2)9-8-17(33)12-16(25)13-21(24)34/h15-16,18-20,24H,4-14H2,1-3H3,(H,37,38,39)/t15-,16?,18-,19-,20+,24+,25?,26-/m1/s1. The normalized spacial score (nSPS) is 36.8. The molecule has 0 amide bonds. The third-order valence-electron chi connectivity index (χ3n) is 11.1. The number of rotatable bonds is 9. The van der Waals surface area contributed by atoms with E-state index in [9.17, 15) is 45.2 Å². The molecule has 8 atom stereocenters. The first-order valence-electron chi connectivity index (χ1n) is 14.2. The second kappa shape index (κ2) is 10.7. The predicted molar refractivity (Wildman–Crippen MR) is 136 cm³/mol. The highest BCUT2D eigenvalue weighted by molar-refractivity contribution is 7.87. The first kappa shape index (κ1) is 32.0. The summed E-state index contributed by atoms with van der Waals surface area (Å²) in [5.74, 6) is -6.51. The molecule has 0 radical (unpaired) electrons. The molecule has 41 heavy (non-hydrogen) atoms. The Morgan fingerprint density at radius 2 is 1.73 bits per heavy atom. The van der Waals surface area contributed by atoms with Gasteiger partial charge in [-0.25, -0.2) is 0 Å². The van der Waals surface area contributed by atoms with Crippen LogP contribution in [0.3, 0.4) is 0 Å². The molecule has 4 fully saturated rings. The number of hydrogen-bond acceptors (Lipinski definition) is 7. The van der Waals surface area contributed by atoms with Gasteiger partial charge in [0.05, 0.1) is 13.0 Å². The van der Waals surface area contributed by atoms with E-state index in [2.05, 4.69) is 11.7 Å². The van der Waals surface area contributed by atoms with Crippen molar-refractivity contribution in [2.45, 2.75) is 96.2 Å². The quantitative estimate of drug-likeness (QED) is 0.218. The van der Waals surface area contributed by atoms with Gasteiger partial charge in [-0.3, -0.25) is 23.7 Å². The maximum absolute atomic E-state index is 13.8. The lowest BCUT2D eigenvalue weighted by molar-refractivity contribution is -0.174. The summed E-state index contributed by atoms with van der Waals surface area (Å²) >= 11 is 0. The second-order valence-corrected chi connectivity index (χ2v) is 14.6. The zero-order chi connectivity index (χ0) is 30.8. The monoisotopic (exact) mass is 610 g/mol. The molecule has 4 rings (SSSR count). The van der Waals surface area contributed by atoms with Gasteiger partial charge >= 0.3 is 27.3 Å². The fourth-order valence-corrected chi connectivity index (χ4v) is 9.12. The van der Waals surface area contributed by atoms with Gasteiger partial charge in [0, 0.05) is 43.4 Å². The van der Waals surface area contributed by atoms with Gasteiger partial charge < -0.3 is 4.74 Å². The largest absolute Gasteiger partial charge is 0.465 e. The molecule has 1 N–H and O–H groups in total. The highest BCUT2D eigenvalue weighted by atomic mass is 32.2. The zero-order valence-electron chi connectivity index (χ0n) is 23.5.